The number of hydrogen-bond donors (Lipinski definition) is 2. The Kier molecular flexibility index (Phi) is 6.98. The summed E-state index contributed by atoms with van der Waals surface area (Å²) >= 11 is 0. The lowest BCUT2D eigenvalue weighted by Gasteiger charge is -2.07. The van der Waals surface area contributed by atoms with E-state index in [1.807, 2.05) is 13.0 Å². The maximum absolute atomic E-state index is 11.3. The number of nitrogens with one attached hydrogen (secondary N) is 2. The number of carbonyl (C=O) groups is 2. The summed E-state index contributed by atoms with van der Waals surface area (Å²) in [5.74, 6) is -1.01. The molecule has 0 aliphatic rings. The van der Waals surface area contributed by atoms with Gasteiger partial charge >= 0.3 is 0 Å². The maximum atomic E-state index is 11.3. The zero-order valence-electron chi connectivity index (χ0n) is 9.17. The van der Waals surface area contributed by atoms with Gasteiger partial charge in [-0.1, -0.05) is 6.92 Å². The summed E-state index contributed by atoms with van der Waals surface area (Å²) in [4.78, 5) is 22.3. The average molecular weight is 211 g/mol. The van der Waals surface area contributed by atoms with Crippen molar-refractivity contribution in [1.82, 2.24) is 10.6 Å². The molecule has 0 rings (SSSR count). The van der Waals surface area contributed by atoms with Gasteiger partial charge in [-0.3, -0.25) is 9.59 Å². The highest BCUT2D eigenvalue weighted by Crippen LogP contribution is 1.99. The van der Waals surface area contributed by atoms with E-state index in [1.165, 1.54) is 0 Å². The Morgan fingerprint density at radius 3 is 2.47 bits per heavy atom. The van der Waals surface area contributed by atoms with Crippen LogP contribution in [0.1, 0.15) is 26.7 Å². The minimum absolute atomic E-state index is 0.0946. The van der Waals surface area contributed by atoms with Crippen LogP contribution in [0.25, 0.3) is 0 Å². The van der Waals surface area contributed by atoms with Gasteiger partial charge < -0.3 is 10.6 Å². The molecule has 0 radical (unpaired) electrons. The van der Waals surface area contributed by atoms with E-state index in [-0.39, 0.29) is 24.8 Å². The molecule has 0 aromatic rings. The molecule has 2 N–H and O–H groups in total. The van der Waals surface area contributed by atoms with Gasteiger partial charge in [0.1, 0.15) is 5.92 Å². The Morgan fingerprint density at radius 1 is 1.33 bits per heavy atom. The van der Waals surface area contributed by atoms with Crippen LogP contribution < -0.4 is 10.6 Å². The van der Waals surface area contributed by atoms with Crippen molar-refractivity contribution in [2.75, 3.05) is 13.1 Å². The van der Waals surface area contributed by atoms with Crippen molar-refractivity contribution < 1.29 is 9.59 Å². The van der Waals surface area contributed by atoms with Crippen LogP contribution in [0.3, 0.4) is 0 Å². The van der Waals surface area contributed by atoms with Crippen LogP contribution in [-0.2, 0) is 9.59 Å². The van der Waals surface area contributed by atoms with Crippen LogP contribution in [-0.4, -0.2) is 24.9 Å². The summed E-state index contributed by atoms with van der Waals surface area (Å²) in [5, 5.41) is 13.8. The topological polar surface area (TPSA) is 82.0 Å². The number of hydrogen-bond acceptors (Lipinski definition) is 3. The van der Waals surface area contributed by atoms with E-state index in [1.54, 1.807) is 6.92 Å². The second-order valence-electron chi connectivity index (χ2n) is 3.08. The Hall–Kier alpha value is -1.57. The van der Waals surface area contributed by atoms with Crippen molar-refractivity contribution in [1.29, 1.82) is 5.26 Å². The van der Waals surface area contributed by atoms with Crippen molar-refractivity contribution in [2.24, 2.45) is 5.92 Å². The third-order valence-corrected chi connectivity index (χ3v) is 1.91. The third kappa shape index (κ3) is 5.68. The van der Waals surface area contributed by atoms with Gasteiger partial charge in [0.15, 0.2) is 0 Å². The smallest absolute Gasteiger partial charge is 0.237 e. The molecule has 0 fully saturated rings. The predicted octanol–water partition coefficient (Wildman–Crippen LogP) is 0.179. The molecule has 0 aromatic carbocycles. The van der Waals surface area contributed by atoms with E-state index in [0.717, 1.165) is 0 Å². The molecule has 2 amide bonds. The molecule has 15 heavy (non-hydrogen) atoms. The number of amides is 2. The molecule has 0 heterocycles. The summed E-state index contributed by atoms with van der Waals surface area (Å²) < 4.78 is 0. The van der Waals surface area contributed by atoms with Crippen LogP contribution in [0.5, 0.6) is 0 Å². The van der Waals surface area contributed by atoms with Crippen LogP contribution in [0.2, 0.25) is 0 Å². The average Bonchev–Trinajstić information content (AvgIpc) is 2.20. The van der Waals surface area contributed by atoms with Crippen molar-refractivity contribution in [3.05, 3.63) is 0 Å². The van der Waals surface area contributed by atoms with Crippen LogP contribution >= 0.6 is 0 Å². The SMILES string of the molecule is CCNC(=O)CCNC(=O)C(C#N)CC. The van der Waals surface area contributed by atoms with Gasteiger partial charge in [-0.15, -0.1) is 0 Å². The maximum Gasteiger partial charge on any atom is 0.237 e. The molecule has 0 saturated heterocycles. The fraction of sp³-hybridized carbons (Fsp3) is 0.700. The quantitative estimate of drug-likeness (QED) is 0.657. The molecule has 0 spiro atoms. The highest BCUT2D eigenvalue weighted by atomic mass is 16.2. The van der Waals surface area contributed by atoms with Crippen LogP contribution in [0, 0.1) is 17.2 Å². The zero-order valence-corrected chi connectivity index (χ0v) is 9.17. The number of nitriles is 1. The molecule has 84 valence electrons. The molecular formula is C10H17N3O2. The van der Waals surface area contributed by atoms with E-state index in [2.05, 4.69) is 10.6 Å². The Morgan fingerprint density at radius 2 is 2.00 bits per heavy atom. The first-order valence-electron chi connectivity index (χ1n) is 5.09. The lowest BCUT2D eigenvalue weighted by Crippen LogP contribution is -2.33. The first kappa shape index (κ1) is 13.4. The zero-order chi connectivity index (χ0) is 11.7. The van der Waals surface area contributed by atoms with Gasteiger partial charge in [-0.25, -0.2) is 0 Å². The van der Waals surface area contributed by atoms with Gasteiger partial charge in [0, 0.05) is 19.5 Å². The van der Waals surface area contributed by atoms with Crippen molar-refractivity contribution in [2.45, 2.75) is 26.7 Å². The van der Waals surface area contributed by atoms with Crippen LogP contribution in [0.15, 0.2) is 0 Å². The second-order valence-corrected chi connectivity index (χ2v) is 3.08. The lowest BCUT2D eigenvalue weighted by molar-refractivity contribution is -0.124. The predicted molar refractivity (Wildman–Crippen MR) is 55.7 cm³/mol. The molecule has 1 atom stereocenters. The summed E-state index contributed by atoms with van der Waals surface area (Å²) in [6, 6.07) is 1.90. The Balaban J connectivity index is 3.73. The summed E-state index contributed by atoms with van der Waals surface area (Å²) in [6.45, 7) is 4.47. The standard InChI is InChI=1S/C10H17N3O2/c1-3-8(7-11)10(15)13-6-5-9(14)12-4-2/h8H,3-6H2,1-2H3,(H,12,14)(H,13,15). The second kappa shape index (κ2) is 7.80. The highest BCUT2D eigenvalue weighted by Gasteiger charge is 2.14. The largest absolute Gasteiger partial charge is 0.356 e. The van der Waals surface area contributed by atoms with E-state index in [9.17, 15) is 9.59 Å². The monoisotopic (exact) mass is 211 g/mol. The first-order valence-corrected chi connectivity index (χ1v) is 5.09. The first-order chi connectivity index (χ1) is 7.15. The van der Waals surface area contributed by atoms with Crippen molar-refractivity contribution >= 4 is 11.8 Å². The van der Waals surface area contributed by atoms with Crippen molar-refractivity contribution in [3.63, 3.8) is 0 Å². The van der Waals surface area contributed by atoms with E-state index < -0.39 is 5.92 Å². The minimum atomic E-state index is -0.612. The molecule has 0 aliphatic heterocycles. The molecule has 0 aromatic heterocycles. The fourth-order valence-electron chi connectivity index (χ4n) is 1.04. The van der Waals surface area contributed by atoms with Crippen LogP contribution in [0.4, 0.5) is 0 Å². The normalized spacial score (nSPS) is 11.3. The summed E-state index contributed by atoms with van der Waals surface area (Å²) in [7, 11) is 0. The summed E-state index contributed by atoms with van der Waals surface area (Å²) in [5.41, 5.74) is 0. The van der Waals surface area contributed by atoms with Gasteiger partial charge in [-0.05, 0) is 13.3 Å². The Bertz CT molecular complexity index is 258. The van der Waals surface area contributed by atoms with Crippen molar-refractivity contribution in [3.8, 4) is 6.07 Å². The minimum Gasteiger partial charge on any atom is -0.356 e. The number of nitrogens with zero attached hydrogens (tertiary/aromatic N) is 1. The molecule has 5 heteroatoms. The van der Waals surface area contributed by atoms with Gasteiger partial charge in [0.25, 0.3) is 0 Å². The van der Waals surface area contributed by atoms with E-state index in [4.69, 9.17) is 5.26 Å². The Labute approximate surface area is 89.8 Å². The molecule has 5 nitrogen and oxygen atoms in total. The van der Waals surface area contributed by atoms with Gasteiger partial charge in [-0.2, -0.15) is 5.26 Å². The van der Waals surface area contributed by atoms with Gasteiger partial charge in [0.05, 0.1) is 6.07 Å². The van der Waals surface area contributed by atoms with E-state index >= 15 is 0 Å². The number of rotatable bonds is 6. The third-order valence-electron chi connectivity index (χ3n) is 1.91. The lowest BCUT2D eigenvalue weighted by atomic mass is 10.1. The highest BCUT2D eigenvalue weighted by molar-refractivity contribution is 5.82. The molecule has 0 aliphatic carbocycles. The molecule has 0 saturated carbocycles. The molecule has 0 bridgehead atoms. The van der Waals surface area contributed by atoms with E-state index in [0.29, 0.717) is 13.0 Å². The summed E-state index contributed by atoms with van der Waals surface area (Å²) in [6.07, 6.45) is 0.741. The number of carbonyl (C=O) groups excluding carboxylic acids is 2. The molecular weight excluding hydrogens is 194 g/mol. The fourth-order valence-corrected chi connectivity index (χ4v) is 1.04. The van der Waals surface area contributed by atoms with Gasteiger partial charge in [0.2, 0.25) is 11.8 Å². The molecule has 1 unspecified atom stereocenters.